The van der Waals surface area contributed by atoms with Crippen LogP contribution in [0.15, 0.2) is 24.3 Å². The zero-order chi connectivity index (χ0) is 17.6. The highest BCUT2D eigenvalue weighted by molar-refractivity contribution is 6.42. The van der Waals surface area contributed by atoms with E-state index in [1.165, 1.54) is 0 Å². The number of carbonyl (C=O) groups is 2. The first-order valence-electron chi connectivity index (χ1n) is 8.31. The molecule has 0 spiro atoms. The van der Waals surface area contributed by atoms with Gasteiger partial charge in [0.25, 0.3) is 5.91 Å². The van der Waals surface area contributed by atoms with Crippen molar-refractivity contribution in [3.05, 3.63) is 35.4 Å². The van der Waals surface area contributed by atoms with Crippen LogP contribution in [0.1, 0.15) is 63.4 Å². The summed E-state index contributed by atoms with van der Waals surface area (Å²) in [5, 5.41) is 12.5. The van der Waals surface area contributed by atoms with Crippen LogP contribution in [0.5, 0.6) is 0 Å². The fourth-order valence-corrected chi connectivity index (χ4v) is 2.53. The molecule has 1 aromatic rings. The molecule has 23 heavy (non-hydrogen) atoms. The van der Waals surface area contributed by atoms with Gasteiger partial charge < -0.3 is 10.4 Å². The minimum Gasteiger partial charge on any atom is -0.391 e. The van der Waals surface area contributed by atoms with Crippen LogP contribution < -0.4 is 5.32 Å². The molecular formula is C19H29NO3. The number of hydrogen-bond acceptors (Lipinski definition) is 3. The Hall–Kier alpha value is -1.68. The lowest BCUT2D eigenvalue weighted by molar-refractivity contribution is -0.117. The maximum atomic E-state index is 12.1. The largest absolute Gasteiger partial charge is 0.391 e. The van der Waals surface area contributed by atoms with Gasteiger partial charge in [-0.15, -0.1) is 0 Å². The third-order valence-electron chi connectivity index (χ3n) is 4.28. The summed E-state index contributed by atoms with van der Waals surface area (Å²) in [6, 6.07) is 7.11. The summed E-state index contributed by atoms with van der Waals surface area (Å²) in [4.78, 5) is 24.1. The molecule has 1 aromatic carbocycles. The number of ketones is 1. The van der Waals surface area contributed by atoms with Crippen LogP contribution in [-0.2, 0) is 10.2 Å². The second kappa shape index (κ2) is 8.25. The van der Waals surface area contributed by atoms with Crippen LogP contribution in [0.3, 0.4) is 0 Å². The van der Waals surface area contributed by atoms with Crippen LogP contribution in [0.25, 0.3) is 0 Å². The van der Waals surface area contributed by atoms with Gasteiger partial charge in [-0.3, -0.25) is 9.59 Å². The second-order valence-corrected chi connectivity index (χ2v) is 7.01. The number of amides is 1. The van der Waals surface area contributed by atoms with Gasteiger partial charge in [0.05, 0.1) is 6.10 Å². The molecule has 0 heterocycles. The van der Waals surface area contributed by atoms with E-state index in [-0.39, 0.29) is 17.9 Å². The average molecular weight is 319 g/mol. The van der Waals surface area contributed by atoms with Gasteiger partial charge in [0.1, 0.15) is 0 Å². The zero-order valence-electron chi connectivity index (χ0n) is 14.8. The Bertz CT molecular complexity index is 525. The SMILES string of the molecule is CCC(CC)C(O)CNC(=O)C(=O)c1ccc(C(C)(C)C)cc1. The van der Waals surface area contributed by atoms with Crippen molar-refractivity contribution in [3.8, 4) is 0 Å². The molecule has 0 radical (unpaired) electrons. The minimum atomic E-state index is -0.668. The molecule has 0 aliphatic carbocycles. The highest BCUT2D eigenvalue weighted by Crippen LogP contribution is 2.22. The van der Waals surface area contributed by atoms with Gasteiger partial charge in [-0.05, 0) is 16.9 Å². The topological polar surface area (TPSA) is 66.4 Å². The number of nitrogens with one attached hydrogen (secondary N) is 1. The van der Waals surface area contributed by atoms with Crippen LogP contribution >= 0.6 is 0 Å². The summed E-state index contributed by atoms with van der Waals surface area (Å²) in [6.07, 6.45) is 1.07. The van der Waals surface area contributed by atoms with E-state index in [1.807, 2.05) is 26.0 Å². The molecule has 0 aliphatic heterocycles. The molecule has 0 aliphatic rings. The first kappa shape index (κ1) is 19.4. The first-order valence-corrected chi connectivity index (χ1v) is 8.31. The Balaban J connectivity index is 2.65. The number of aliphatic hydroxyl groups is 1. The maximum absolute atomic E-state index is 12.1. The maximum Gasteiger partial charge on any atom is 0.292 e. The fourth-order valence-electron chi connectivity index (χ4n) is 2.53. The second-order valence-electron chi connectivity index (χ2n) is 7.01. The molecule has 4 heteroatoms. The Morgan fingerprint density at radius 1 is 1.09 bits per heavy atom. The van der Waals surface area contributed by atoms with Crippen molar-refractivity contribution in [2.45, 2.75) is 59.0 Å². The standard InChI is InChI=1S/C19H29NO3/c1-6-13(7-2)16(21)12-20-18(23)17(22)14-8-10-15(11-9-14)19(3,4)5/h8-11,13,16,21H,6-7,12H2,1-5H3,(H,20,23). The third kappa shape index (κ3) is 5.47. The number of carbonyl (C=O) groups excluding carboxylic acids is 2. The van der Waals surface area contributed by atoms with Gasteiger partial charge in [-0.2, -0.15) is 0 Å². The predicted octanol–water partition coefficient (Wildman–Crippen LogP) is 3.08. The summed E-state index contributed by atoms with van der Waals surface area (Å²) >= 11 is 0. The Morgan fingerprint density at radius 2 is 1.61 bits per heavy atom. The molecule has 0 aromatic heterocycles. The smallest absolute Gasteiger partial charge is 0.292 e. The van der Waals surface area contributed by atoms with Crippen molar-refractivity contribution < 1.29 is 14.7 Å². The van der Waals surface area contributed by atoms with Gasteiger partial charge in [0.15, 0.2) is 0 Å². The van der Waals surface area contributed by atoms with Crippen molar-refractivity contribution in [1.82, 2.24) is 5.32 Å². The van der Waals surface area contributed by atoms with Gasteiger partial charge >= 0.3 is 0 Å². The normalized spacial score (nSPS) is 13.0. The molecule has 0 fully saturated rings. The van der Waals surface area contributed by atoms with E-state index < -0.39 is 17.8 Å². The van der Waals surface area contributed by atoms with Gasteiger partial charge in [0.2, 0.25) is 5.78 Å². The summed E-state index contributed by atoms with van der Waals surface area (Å²) < 4.78 is 0. The lowest BCUT2D eigenvalue weighted by atomic mass is 9.86. The van der Waals surface area contributed by atoms with Crippen molar-refractivity contribution >= 4 is 11.7 Å². The van der Waals surface area contributed by atoms with Crippen molar-refractivity contribution in [1.29, 1.82) is 0 Å². The van der Waals surface area contributed by atoms with Gasteiger partial charge in [-0.25, -0.2) is 0 Å². The van der Waals surface area contributed by atoms with Gasteiger partial charge in [0, 0.05) is 12.1 Å². The fraction of sp³-hybridized carbons (Fsp3) is 0.579. The molecule has 1 unspecified atom stereocenters. The molecule has 1 rings (SSSR count). The van der Waals surface area contributed by atoms with E-state index in [2.05, 4.69) is 26.1 Å². The monoisotopic (exact) mass is 319 g/mol. The van der Waals surface area contributed by atoms with E-state index in [4.69, 9.17) is 0 Å². The van der Waals surface area contributed by atoms with E-state index in [0.717, 1.165) is 18.4 Å². The number of benzene rings is 1. The minimum absolute atomic E-state index is 0.00324. The molecule has 128 valence electrons. The summed E-state index contributed by atoms with van der Waals surface area (Å²) in [5.41, 5.74) is 1.48. The molecule has 4 nitrogen and oxygen atoms in total. The summed E-state index contributed by atoms with van der Waals surface area (Å²) in [6.45, 7) is 10.4. The van der Waals surface area contributed by atoms with E-state index in [9.17, 15) is 14.7 Å². The van der Waals surface area contributed by atoms with Crippen molar-refractivity contribution in [2.75, 3.05) is 6.54 Å². The van der Waals surface area contributed by atoms with Crippen LogP contribution in [0.4, 0.5) is 0 Å². The third-order valence-corrected chi connectivity index (χ3v) is 4.28. The average Bonchev–Trinajstić information content (AvgIpc) is 2.52. The lowest BCUT2D eigenvalue weighted by Gasteiger charge is -2.20. The number of rotatable bonds is 7. The van der Waals surface area contributed by atoms with Crippen molar-refractivity contribution in [3.63, 3.8) is 0 Å². The van der Waals surface area contributed by atoms with Crippen LogP contribution in [-0.4, -0.2) is 29.4 Å². The predicted molar refractivity (Wildman–Crippen MR) is 92.6 cm³/mol. The van der Waals surface area contributed by atoms with E-state index in [1.54, 1.807) is 12.1 Å². The van der Waals surface area contributed by atoms with Crippen LogP contribution in [0.2, 0.25) is 0 Å². The van der Waals surface area contributed by atoms with E-state index in [0.29, 0.717) is 5.56 Å². The molecule has 2 N–H and O–H groups in total. The highest BCUT2D eigenvalue weighted by atomic mass is 16.3. The van der Waals surface area contributed by atoms with Gasteiger partial charge in [-0.1, -0.05) is 71.7 Å². The zero-order valence-corrected chi connectivity index (χ0v) is 14.8. The molecular weight excluding hydrogens is 290 g/mol. The Kier molecular flexibility index (Phi) is 6.95. The molecule has 0 saturated carbocycles. The number of aliphatic hydroxyl groups excluding tert-OH is 1. The highest BCUT2D eigenvalue weighted by Gasteiger charge is 2.21. The summed E-state index contributed by atoms with van der Waals surface area (Å²) in [5.74, 6) is -1.10. The first-order chi connectivity index (χ1) is 10.7. The Morgan fingerprint density at radius 3 is 2.04 bits per heavy atom. The number of Topliss-reactive ketones (excluding diaryl/α,β-unsaturated/α-hetero) is 1. The van der Waals surface area contributed by atoms with E-state index >= 15 is 0 Å². The molecule has 1 atom stereocenters. The lowest BCUT2D eigenvalue weighted by Crippen LogP contribution is -2.39. The molecule has 1 amide bonds. The number of hydrogen-bond donors (Lipinski definition) is 2. The summed E-state index contributed by atoms with van der Waals surface area (Å²) in [7, 11) is 0. The molecule has 0 saturated heterocycles. The van der Waals surface area contributed by atoms with Crippen LogP contribution in [0, 0.1) is 5.92 Å². The van der Waals surface area contributed by atoms with Crippen molar-refractivity contribution in [2.24, 2.45) is 5.92 Å². The Labute approximate surface area is 139 Å². The molecule has 0 bridgehead atoms. The quantitative estimate of drug-likeness (QED) is 0.599.